The Hall–Kier alpha value is -3.82. The van der Waals surface area contributed by atoms with Crippen molar-refractivity contribution in [3.63, 3.8) is 0 Å². The molecular formula is C21H23N5O5. The summed E-state index contributed by atoms with van der Waals surface area (Å²) in [7, 11) is 4.67. The topological polar surface area (TPSA) is 102 Å². The Morgan fingerprint density at radius 1 is 1.16 bits per heavy atom. The van der Waals surface area contributed by atoms with Gasteiger partial charge in [-0.2, -0.15) is 4.98 Å². The SMILES string of the molecule is COc1ccc(OC)c(-n2c(C)cn3c4c(=O)n(C(C)C(C)=O)c(=O)n(C)c4nc23)c1. The average molecular weight is 425 g/mol. The Labute approximate surface area is 176 Å². The van der Waals surface area contributed by atoms with Crippen molar-refractivity contribution >= 4 is 22.7 Å². The second kappa shape index (κ2) is 7.15. The fraction of sp³-hybridized carbons (Fsp3) is 0.333. The molecule has 0 aliphatic rings. The monoisotopic (exact) mass is 425 g/mol. The first kappa shape index (κ1) is 20.5. The van der Waals surface area contributed by atoms with E-state index in [4.69, 9.17) is 9.47 Å². The lowest BCUT2D eigenvalue weighted by atomic mass is 10.2. The second-order valence-corrected chi connectivity index (χ2v) is 7.40. The van der Waals surface area contributed by atoms with Crippen LogP contribution in [-0.4, -0.2) is 43.1 Å². The third-order valence-corrected chi connectivity index (χ3v) is 5.58. The largest absolute Gasteiger partial charge is 0.497 e. The van der Waals surface area contributed by atoms with E-state index in [-0.39, 0.29) is 16.9 Å². The number of hydrogen-bond acceptors (Lipinski definition) is 6. The summed E-state index contributed by atoms with van der Waals surface area (Å²) in [6, 6.07) is 4.49. The molecule has 3 aromatic heterocycles. The number of benzene rings is 1. The van der Waals surface area contributed by atoms with Gasteiger partial charge in [0.1, 0.15) is 11.5 Å². The highest BCUT2D eigenvalue weighted by Gasteiger charge is 2.25. The molecule has 1 atom stereocenters. The Kier molecular flexibility index (Phi) is 4.72. The second-order valence-electron chi connectivity index (χ2n) is 7.40. The zero-order valence-corrected chi connectivity index (χ0v) is 18.2. The molecule has 31 heavy (non-hydrogen) atoms. The van der Waals surface area contributed by atoms with Gasteiger partial charge in [-0.25, -0.2) is 9.36 Å². The van der Waals surface area contributed by atoms with Crippen molar-refractivity contribution in [1.29, 1.82) is 0 Å². The van der Waals surface area contributed by atoms with Crippen LogP contribution in [0.25, 0.3) is 22.6 Å². The molecule has 1 aromatic carbocycles. The molecule has 0 saturated heterocycles. The smallest absolute Gasteiger partial charge is 0.333 e. The van der Waals surface area contributed by atoms with E-state index in [9.17, 15) is 14.4 Å². The number of Topliss-reactive ketones (excluding diaryl/α,β-unsaturated/α-hetero) is 1. The van der Waals surface area contributed by atoms with Gasteiger partial charge in [0.2, 0.25) is 5.78 Å². The van der Waals surface area contributed by atoms with Crippen LogP contribution in [0.5, 0.6) is 11.5 Å². The predicted molar refractivity (Wildman–Crippen MR) is 115 cm³/mol. The molecule has 0 amide bonds. The third-order valence-electron chi connectivity index (χ3n) is 5.58. The van der Waals surface area contributed by atoms with Crippen molar-refractivity contribution in [2.45, 2.75) is 26.8 Å². The highest BCUT2D eigenvalue weighted by Crippen LogP contribution is 2.31. The van der Waals surface area contributed by atoms with Crippen LogP contribution in [0.1, 0.15) is 25.6 Å². The molecule has 4 rings (SSSR count). The number of rotatable bonds is 5. The first-order chi connectivity index (χ1) is 14.7. The number of aromatic nitrogens is 5. The van der Waals surface area contributed by atoms with E-state index < -0.39 is 17.3 Å². The van der Waals surface area contributed by atoms with E-state index in [2.05, 4.69) is 4.98 Å². The van der Waals surface area contributed by atoms with Crippen LogP contribution in [0.4, 0.5) is 0 Å². The standard InChI is InChI=1S/C21H23N5O5/c1-11-10-24-17-18(23(4)21(29)26(19(17)28)12(2)13(3)27)22-20(24)25(11)15-9-14(30-5)7-8-16(15)31-6/h7-10,12H,1-6H3. The first-order valence-electron chi connectivity index (χ1n) is 9.65. The molecule has 3 heterocycles. The van der Waals surface area contributed by atoms with Gasteiger partial charge < -0.3 is 9.47 Å². The number of methoxy groups -OCH3 is 2. The van der Waals surface area contributed by atoms with Gasteiger partial charge in [-0.15, -0.1) is 0 Å². The molecule has 0 aliphatic carbocycles. The molecule has 4 aromatic rings. The minimum Gasteiger partial charge on any atom is -0.497 e. The fourth-order valence-corrected chi connectivity index (χ4v) is 3.77. The van der Waals surface area contributed by atoms with Gasteiger partial charge in [0.15, 0.2) is 16.9 Å². The summed E-state index contributed by atoms with van der Waals surface area (Å²) < 4.78 is 16.6. The van der Waals surface area contributed by atoms with E-state index in [1.807, 2.05) is 11.5 Å². The van der Waals surface area contributed by atoms with E-state index in [0.29, 0.717) is 23.0 Å². The zero-order valence-electron chi connectivity index (χ0n) is 18.2. The summed E-state index contributed by atoms with van der Waals surface area (Å²) in [5.41, 5.74) is 0.746. The minimum atomic E-state index is -0.886. The molecule has 0 N–H and O–H groups in total. The summed E-state index contributed by atoms with van der Waals surface area (Å²) in [4.78, 5) is 42.6. The van der Waals surface area contributed by atoms with Gasteiger partial charge in [0.05, 0.1) is 25.9 Å². The molecule has 0 radical (unpaired) electrons. The molecule has 0 aliphatic heterocycles. The number of carbonyl (C=O) groups excluding carboxylic acids is 1. The van der Waals surface area contributed by atoms with Crippen molar-refractivity contribution in [1.82, 2.24) is 23.1 Å². The van der Waals surface area contributed by atoms with Gasteiger partial charge in [-0.1, -0.05) is 0 Å². The van der Waals surface area contributed by atoms with Gasteiger partial charge in [0.25, 0.3) is 5.56 Å². The summed E-state index contributed by atoms with van der Waals surface area (Å²) in [5.74, 6) is 1.36. The molecule has 1 unspecified atom stereocenters. The number of nitrogens with zero attached hydrogens (tertiary/aromatic N) is 5. The van der Waals surface area contributed by atoms with Crippen LogP contribution in [0.3, 0.4) is 0 Å². The Morgan fingerprint density at radius 2 is 1.87 bits per heavy atom. The molecule has 0 fully saturated rings. The van der Waals surface area contributed by atoms with Gasteiger partial charge in [-0.3, -0.25) is 23.1 Å². The average Bonchev–Trinajstić information content (AvgIpc) is 3.26. The van der Waals surface area contributed by atoms with Crippen molar-refractivity contribution in [3.05, 3.63) is 50.9 Å². The fourth-order valence-electron chi connectivity index (χ4n) is 3.77. The summed E-state index contributed by atoms with van der Waals surface area (Å²) in [6.07, 6.45) is 1.76. The van der Waals surface area contributed by atoms with E-state index in [1.54, 1.807) is 43.0 Å². The Morgan fingerprint density at radius 3 is 2.48 bits per heavy atom. The zero-order chi connectivity index (χ0) is 22.6. The highest BCUT2D eigenvalue weighted by atomic mass is 16.5. The number of ether oxygens (including phenoxy) is 2. The molecule has 162 valence electrons. The molecular weight excluding hydrogens is 402 g/mol. The van der Waals surface area contributed by atoms with Gasteiger partial charge in [0, 0.05) is 25.0 Å². The highest BCUT2D eigenvalue weighted by molar-refractivity contribution is 5.81. The van der Waals surface area contributed by atoms with Crippen LogP contribution in [-0.2, 0) is 11.8 Å². The van der Waals surface area contributed by atoms with Crippen molar-refractivity contribution in [2.75, 3.05) is 14.2 Å². The normalized spacial score (nSPS) is 12.5. The lowest BCUT2D eigenvalue weighted by Crippen LogP contribution is -2.42. The summed E-state index contributed by atoms with van der Waals surface area (Å²) in [5, 5.41) is 0. The van der Waals surface area contributed by atoms with Crippen molar-refractivity contribution < 1.29 is 14.3 Å². The lowest BCUT2D eigenvalue weighted by molar-refractivity contribution is -0.119. The number of fused-ring (bicyclic) bond motifs is 3. The molecule has 0 spiro atoms. The van der Waals surface area contributed by atoms with Gasteiger partial charge >= 0.3 is 5.69 Å². The minimum absolute atomic E-state index is 0.217. The van der Waals surface area contributed by atoms with E-state index in [0.717, 1.165) is 10.3 Å². The van der Waals surface area contributed by atoms with Crippen LogP contribution >= 0.6 is 0 Å². The third kappa shape index (κ3) is 2.86. The molecule has 10 heteroatoms. The number of imidazole rings is 2. The quantitative estimate of drug-likeness (QED) is 0.482. The first-order valence-corrected chi connectivity index (χ1v) is 9.65. The van der Waals surface area contributed by atoms with Crippen LogP contribution < -0.4 is 20.7 Å². The number of aryl methyl sites for hydroxylation is 2. The van der Waals surface area contributed by atoms with Crippen LogP contribution in [0.15, 0.2) is 34.0 Å². The maximum absolute atomic E-state index is 13.3. The van der Waals surface area contributed by atoms with E-state index >= 15 is 0 Å². The van der Waals surface area contributed by atoms with E-state index in [1.165, 1.54) is 25.5 Å². The molecule has 10 nitrogen and oxygen atoms in total. The summed E-state index contributed by atoms with van der Waals surface area (Å²) >= 11 is 0. The van der Waals surface area contributed by atoms with Gasteiger partial charge in [-0.05, 0) is 32.9 Å². The van der Waals surface area contributed by atoms with Crippen molar-refractivity contribution in [2.24, 2.45) is 7.05 Å². The van der Waals surface area contributed by atoms with Crippen molar-refractivity contribution in [3.8, 4) is 17.2 Å². The summed E-state index contributed by atoms with van der Waals surface area (Å²) in [6.45, 7) is 4.76. The molecule has 0 saturated carbocycles. The maximum Gasteiger partial charge on any atom is 0.333 e. The number of carbonyl (C=O) groups is 1. The molecule has 0 bridgehead atoms. The maximum atomic E-state index is 13.3. The predicted octanol–water partition coefficient (Wildman–Crippen LogP) is 1.61. The Bertz CT molecular complexity index is 1470. The van der Waals surface area contributed by atoms with Crippen LogP contribution in [0.2, 0.25) is 0 Å². The number of hydrogen-bond donors (Lipinski definition) is 0. The Balaban J connectivity index is 2.14. The number of ketones is 1. The lowest BCUT2D eigenvalue weighted by Gasteiger charge is -2.13. The van der Waals surface area contributed by atoms with Crippen LogP contribution in [0, 0.1) is 6.92 Å².